The first-order valence-corrected chi connectivity index (χ1v) is 9.91. The minimum atomic E-state index is -0.245. The maximum absolute atomic E-state index is 12.5. The van der Waals surface area contributed by atoms with Gasteiger partial charge in [0.05, 0.1) is 5.56 Å². The molecule has 0 atom stereocenters. The lowest BCUT2D eigenvalue weighted by Gasteiger charge is -2.21. The molecule has 0 spiro atoms. The summed E-state index contributed by atoms with van der Waals surface area (Å²) < 4.78 is 5.76. The third-order valence-corrected chi connectivity index (χ3v) is 4.26. The van der Waals surface area contributed by atoms with E-state index in [1.807, 2.05) is 42.5 Å². The van der Waals surface area contributed by atoms with Crippen LogP contribution in [0.15, 0.2) is 67.0 Å². The highest BCUT2D eigenvalue weighted by Crippen LogP contribution is 2.23. The van der Waals surface area contributed by atoms with E-state index in [1.54, 1.807) is 24.5 Å². The number of hydrogen-bond acceptors (Lipinski definition) is 5. The minimum Gasteiger partial charge on any atom is -0.457 e. The van der Waals surface area contributed by atoms with E-state index in [9.17, 15) is 4.79 Å². The van der Waals surface area contributed by atoms with Gasteiger partial charge in [0.25, 0.3) is 5.91 Å². The normalized spacial score (nSPS) is 10.4. The Bertz CT molecular complexity index is 890. The fraction of sp³-hybridized carbons (Fsp3) is 0.261. The second-order valence-electron chi connectivity index (χ2n) is 6.65. The molecule has 6 nitrogen and oxygen atoms in total. The first-order valence-electron chi connectivity index (χ1n) is 9.91. The molecule has 1 aromatic heterocycles. The molecule has 1 amide bonds. The zero-order valence-corrected chi connectivity index (χ0v) is 16.8. The Kier molecular flexibility index (Phi) is 7.16. The average Bonchev–Trinajstić information content (AvgIpc) is 2.76. The number of rotatable bonds is 9. The molecule has 29 heavy (non-hydrogen) atoms. The zero-order valence-electron chi connectivity index (χ0n) is 16.8. The van der Waals surface area contributed by atoms with Gasteiger partial charge >= 0.3 is 0 Å². The molecule has 0 saturated heterocycles. The van der Waals surface area contributed by atoms with Gasteiger partial charge in [-0.15, -0.1) is 0 Å². The number of carbonyl (C=O) groups excluding carboxylic acids is 1. The summed E-state index contributed by atoms with van der Waals surface area (Å²) >= 11 is 0. The van der Waals surface area contributed by atoms with Crippen LogP contribution in [0, 0.1) is 0 Å². The molecule has 150 valence electrons. The van der Waals surface area contributed by atoms with Crippen LogP contribution in [0.3, 0.4) is 0 Å². The number of aromatic nitrogens is 2. The van der Waals surface area contributed by atoms with Crippen molar-refractivity contribution in [2.24, 2.45) is 0 Å². The Morgan fingerprint density at radius 3 is 2.07 bits per heavy atom. The number of benzene rings is 2. The smallest absolute Gasteiger partial charge is 0.258 e. The van der Waals surface area contributed by atoms with Crippen molar-refractivity contribution in [2.75, 3.05) is 23.3 Å². The van der Waals surface area contributed by atoms with Crippen molar-refractivity contribution in [1.82, 2.24) is 9.97 Å². The van der Waals surface area contributed by atoms with Crippen molar-refractivity contribution in [3.05, 3.63) is 72.6 Å². The van der Waals surface area contributed by atoms with Crippen molar-refractivity contribution < 1.29 is 9.53 Å². The summed E-state index contributed by atoms with van der Waals surface area (Å²) in [5, 5.41) is 2.86. The standard InChI is InChI=1S/C23H26N4O2/c1-3-14-27(15-4-2)23-24-16-18(17-25-23)22(28)26-19-10-12-21(13-11-19)29-20-8-6-5-7-9-20/h5-13,16-17H,3-4,14-15H2,1-2H3,(H,26,28). The summed E-state index contributed by atoms with van der Waals surface area (Å²) in [6, 6.07) is 16.8. The summed E-state index contributed by atoms with van der Waals surface area (Å²) in [4.78, 5) is 23.4. The maximum atomic E-state index is 12.5. The second kappa shape index (κ2) is 10.2. The highest BCUT2D eigenvalue weighted by molar-refractivity contribution is 6.03. The van der Waals surface area contributed by atoms with E-state index < -0.39 is 0 Å². The van der Waals surface area contributed by atoms with E-state index in [0.29, 0.717) is 22.9 Å². The van der Waals surface area contributed by atoms with Crippen LogP contribution in [0.5, 0.6) is 11.5 Å². The van der Waals surface area contributed by atoms with Gasteiger partial charge in [0.1, 0.15) is 11.5 Å². The minimum absolute atomic E-state index is 0.245. The van der Waals surface area contributed by atoms with Crippen LogP contribution < -0.4 is 15.0 Å². The van der Waals surface area contributed by atoms with E-state index in [1.165, 1.54) is 0 Å². The van der Waals surface area contributed by atoms with Gasteiger partial charge in [-0.2, -0.15) is 0 Å². The van der Waals surface area contributed by atoms with Gasteiger partial charge in [-0.1, -0.05) is 32.0 Å². The molecular weight excluding hydrogens is 364 g/mol. The first kappa shape index (κ1) is 20.3. The molecule has 0 aliphatic heterocycles. The predicted molar refractivity (Wildman–Crippen MR) is 116 cm³/mol. The Morgan fingerprint density at radius 2 is 1.48 bits per heavy atom. The van der Waals surface area contributed by atoms with Crippen molar-refractivity contribution in [1.29, 1.82) is 0 Å². The van der Waals surface area contributed by atoms with Gasteiger partial charge in [-0.05, 0) is 49.2 Å². The van der Waals surface area contributed by atoms with E-state index >= 15 is 0 Å². The molecule has 3 rings (SSSR count). The van der Waals surface area contributed by atoms with Crippen LogP contribution in [0.4, 0.5) is 11.6 Å². The van der Waals surface area contributed by atoms with E-state index in [-0.39, 0.29) is 5.91 Å². The van der Waals surface area contributed by atoms with E-state index in [0.717, 1.165) is 31.7 Å². The Hall–Kier alpha value is -3.41. The molecular formula is C23H26N4O2. The molecule has 6 heteroatoms. The van der Waals surface area contributed by atoms with Crippen molar-refractivity contribution in [3.8, 4) is 11.5 Å². The Labute approximate surface area is 171 Å². The van der Waals surface area contributed by atoms with E-state index in [2.05, 4.69) is 34.0 Å². The predicted octanol–water partition coefficient (Wildman–Crippen LogP) is 5.15. The highest BCUT2D eigenvalue weighted by Gasteiger charge is 2.11. The van der Waals surface area contributed by atoms with Gasteiger partial charge in [0.15, 0.2) is 0 Å². The lowest BCUT2D eigenvalue weighted by Crippen LogP contribution is -2.27. The summed E-state index contributed by atoms with van der Waals surface area (Å²) in [6.45, 7) is 6.05. The number of ether oxygens (including phenoxy) is 1. The topological polar surface area (TPSA) is 67.4 Å². The van der Waals surface area contributed by atoms with Crippen molar-refractivity contribution in [2.45, 2.75) is 26.7 Å². The van der Waals surface area contributed by atoms with Gasteiger partial charge in [0, 0.05) is 31.2 Å². The first-order chi connectivity index (χ1) is 14.2. The molecule has 0 saturated carbocycles. The fourth-order valence-corrected chi connectivity index (χ4v) is 2.89. The van der Waals surface area contributed by atoms with Crippen LogP contribution in [-0.2, 0) is 0 Å². The SMILES string of the molecule is CCCN(CCC)c1ncc(C(=O)Nc2ccc(Oc3ccccc3)cc2)cn1. The number of nitrogens with zero attached hydrogens (tertiary/aromatic N) is 3. The van der Waals surface area contributed by atoms with Crippen LogP contribution in [-0.4, -0.2) is 29.0 Å². The maximum Gasteiger partial charge on any atom is 0.258 e. The van der Waals surface area contributed by atoms with Gasteiger partial charge in [-0.25, -0.2) is 9.97 Å². The molecule has 0 unspecified atom stereocenters. The van der Waals surface area contributed by atoms with Gasteiger partial charge < -0.3 is 15.0 Å². The molecule has 0 radical (unpaired) electrons. The summed E-state index contributed by atoms with van der Waals surface area (Å²) in [5.41, 5.74) is 1.10. The molecule has 0 aliphatic carbocycles. The number of carbonyl (C=O) groups is 1. The lowest BCUT2D eigenvalue weighted by molar-refractivity contribution is 0.102. The number of nitrogens with one attached hydrogen (secondary N) is 1. The number of amides is 1. The van der Waals surface area contributed by atoms with Crippen molar-refractivity contribution in [3.63, 3.8) is 0 Å². The van der Waals surface area contributed by atoms with Crippen molar-refractivity contribution >= 4 is 17.5 Å². The average molecular weight is 390 g/mol. The highest BCUT2D eigenvalue weighted by atomic mass is 16.5. The summed E-state index contributed by atoms with van der Waals surface area (Å²) in [6.07, 6.45) is 5.19. The summed E-state index contributed by atoms with van der Waals surface area (Å²) in [5.74, 6) is 1.88. The lowest BCUT2D eigenvalue weighted by atomic mass is 10.2. The van der Waals surface area contributed by atoms with Crippen LogP contribution >= 0.6 is 0 Å². The molecule has 3 aromatic rings. The molecule has 1 heterocycles. The third-order valence-electron chi connectivity index (χ3n) is 4.26. The number of para-hydroxylation sites is 1. The van der Waals surface area contributed by atoms with Crippen LogP contribution in [0.25, 0.3) is 0 Å². The zero-order chi connectivity index (χ0) is 20.5. The molecule has 1 N–H and O–H groups in total. The molecule has 0 aliphatic rings. The molecule has 0 fully saturated rings. The largest absolute Gasteiger partial charge is 0.457 e. The van der Waals surface area contributed by atoms with E-state index in [4.69, 9.17) is 4.74 Å². The second-order valence-corrected chi connectivity index (χ2v) is 6.65. The number of anilines is 2. The van der Waals surface area contributed by atoms with Crippen LogP contribution in [0.2, 0.25) is 0 Å². The molecule has 2 aromatic carbocycles. The molecule has 0 bridgehead atoms. The summed E-state index contributed by atoms with van der Waals surface area (Å²) in [7, 11) is 0. The van der Waals surface area contributed by atoms with Gasteiger partial charge in [0.2, 0.25) is 5.95 Å². The Morgan fingerprint density at radius 1 is 0.897 bits per heavy atom. The number of hydrogen-bond donors (Lipinski definition) is 1. The monoisotopic (exact) mass is 390 g/mol. The third kappa shape index (κ3) is 5.78. The quantitative estimate of drug-likeness (QED) is 0.547. The van der Waals surface area contributed by atoms with Gasteiger partial charge in [-0.3, -0.25) is 4.79 Å². The van der Waals surface area contributed by atoms with Crippen LogP contribution in [0.1, 0.15) is 37.0 Å². The Balaban J connectivity index is 1.61. The fourth-order valence-electron chi connectivity index (χ4n) is 2.89.